The van der Waals surface area contributed by atoms with E-state index in [0.29, 0.717) is 16.1 Å². The van der Waals surface area contributed by atoms with Gasteiger partial charge in [0.2, 0.25) is 0 Å². The van der Waals surface area contributed by atoms with E-state index in [1.54, 1.807) is 12.1 Å². The van der Waals surface area contributed by atoms with Crippen molar-refractivity contribution in [2.75, 3.05) is 6.54 Å². The van der Waals surface area contributed by atoms with E-state index in [1.165, 1.54) is 12.8 Å². The third kappa shape index (κ3) is 4.09. The van der Waals surface area contributed by atoms with Crippen LogP contribution < -0.4 is 5.32 Å². The Labute approximate surface area is 125 Å². The number of hydrogen-bond donors (Lipinski definition) is 2. The number of aliphatic hydroxyl groups is 1. The van der Waals surface area contributed by atoms with Crippen LogP contribution in [-0.2, 0) is 0 Å². The molecule has 0 radical (unpaired) electrons. The van der Waals surface area contributed by atoms with E-state index >= 15 is 0 Å². The van der Waals surface area contributed by atoms with Crippen molar-refractivity contribution >= 4 is 23.2 Å². The number of benzene rings is 1. The smallest absolute Gasteiger partial charge is 0.0805 e. The van der Waals surface area contributed by atoms with E-state index in [2.05, 4.69) is 12.2 Å². The monoisotopic (exact) mass is 301 g/mol. The molecule has 1 aromatic rings. The summed E-state index contributed by atoms with van der Waals surface area (Å²) >= 11 is 11.9. The van der Waals surface area contributed by atoms with Crippen LogP contribution in [0.25, 0.3) is 0 Å². The lowest BCUT2D eigenvalue weighted by Gasteiger charge is -2.31. The van der Waals surface area contributed by atoms with Crippen LogP contribution in [0.15, 0.2) is 18.2 Å². The Morgan fingerprint density at radius 2 is 2.16 bits per heavy atom. The molecular weight excluding hydrogens is 281 g/mol. The molecule has 0 aromatic heterocycles. The van der Waals surface area contributed by atoms with Crippen LogP contribution in [0.4, 0.5) is 0 Å². The molecule has 3 unspecified atom stereocenters. The van der Waals surface area contributed by atoms with Crippen LogP contribution in [0.2, 0.25) is 10.0 Å². The van der Waals surface area contributed by atoms with Gasteiger partial charge in [0.15, 0.2) is 0 Å². The molecule has 1 saturated heterocycles. The second-order valence-corrected chi connectivity index (χ2v) is 6.19. The average molecular weight is 302 g/mol. The second kappa shape index (κ2) is 6.94. The summed E-state index contributed by atoms with van der Waals surface area (Å²) in [5.41, 5.74) is 0.842. The van der Waals surface area contributed by atoms with Crippen LogP contribution in [0, 0.1) is 5.92 Å². The van der Waals surface area contributed by atoms with Crippen LogP contribution in [0.1, 0.15) is 44.3 Å². The molecule has 0 bridgehead atoms. The van der Waals surface area contributed by atoms with Gasteiger partial charge < -0.3 is 10.4 Å². The van der Waals surface area contributed by atoms with Gasteiger partial charge >= 0.3 is 0 Å². The Balaban J connectivity index is 1.96. The molecule has 0 amide bonds. The van der Waals surface area contributed by atoms with Crippen molar-refractivity contribution in [3.05, 3.63) is 33.8 Å². The molecule has 1 aliphatic heterocycles. The minimum absolute atomic E-state index is 0.392. The maximum absolute atomic E-state index is 10.3. The Morgan fingerprint density at radius 3 is 2.84 bits per heavy atom. The van der Waals surface area contributed by atoms with E-state index in [9.17, 15) is 5.11 Å². The van der Waals surface area contributed by atoms with E-state index < -0.39 is 6.10 Å². The van der Waals surface area contributed by atoms with E-state index in [4.69, 9.17) is 23.2 Å². The van der Waals surface area contributed by atoms with Crippen LogP contribution >= 0.6 is 23.2 Å². The zero-order valence-corrected chi connectivity index (χ0v) is 12.7. The lowest BCUT2D eigenvalue weighted by atomic mass is 9.87. The zero-order chi connectivity index (χ0) is 13.8. The fraction of sp³-hybridized carbons (Fsp3) is 0.600. The minimum atomic E-state index is -0.483. The fourth-order valence-electron chi connectivity index (χ4n) is 2.77. The SMILES string of the molecule is CCC1CCNC(CC(O)c2ccc(Cl)c(Cl)c2)C1. The normalized spacial score (nSPS) is 25.3. The second-order valence-electron chi connectivity index (χ2n) is 5.37. The van der Waals surface area contributed by atoms with Gasteiger partial charge in [-0.05, 0) is 49.4 Å². The first-order chi connectivity index (χ1) is 9.10. The lowest BCUT2D eigenvalue weighted by Crippen LogP contribution is -2.38. The largest absolute Gasteiger partial charge is 0.388 e. The van der Waals surface area contributed by atoms with E-state index in [-0.39, 0.29) is 0 Å². The van der Waals surface area contributed by atoms with Crippen molar-refractivity contribution in [2.24, 2.45) is 5.92 Å². The highest BCUT2D eigenvalue weighted by molar-refractivity contribution is 6.42. The molecule has 4 heteroatoms. The predicted molar refractivity (Wildman–Crippen MR) is 80.8 cm³/mol. The molecule has 2 nitrogen and oxygen atoms in total. The van der Waals surface area contributed by atoms with E-state index in [0.717, 1.165) is 30.9 Å². The molecule has 19 heavy (non-hydrogen) atoms. The van der Waals surface area contributed by atoms with Crippen molar-refractivity contribution in [2.45, 2.75) is 44.8 Å². The molecule has 0 saturated carbocycles. The number of nitrogens with one attached hydrogen (secondary N) is 1. The molecule has 0 spiro atoms. The first-order valence-electron chi connectivity index (χ1n) is 6.96. The molecule has 0 aliphatic carbocycles. The van der Waals surface area contributed by atoms with E-state index in [1.807, 2.05) is 6.07 Å². The quantitative estimate of drug-likeness (QED) is 0.874. The molecule has 3 atom stereocenters. The minimum Gasteiger partial charge on any atom is -0.388 e. The Kier molecular flexibility index (Phi) is 5.52. The molecule has 1 heterocycles. The van der Waals surface area contributed by atoms with Gasteiger partial charge in [0, 0.05) is 6.04 Å². The van der Waals surface area contributed by atoms with Gasteiger partial charge in [-0.3, -0.25) is 0 Å². The highest BCUT2D eigenvalue weighted by atomic mass is 35.5. The summed E-state index contributed by atoms with van der Waals surface area (Å²) in [4.78, 5) is 0. The number of rotatable bonds is 4. The summed E-state index contributed by atoms with van der Waals surface area (Å²) in [5.74, 6) is 0.784. The zero-order valence-electron chi connectivity index (χ0n) is 11.2. The molecule has 2 N–H and O–H groups in total. The van der Waals surface area contributed by atoms with Crippen molar-refractivity contribution < 1.29 is 5.11 Å². The molecule has 2 rings (SSSR count). The number of halogens is 2. The molecule has 1 aromatic carbocycles. The van der Waals surface area contributed by atoms with Crippen molar-refractivity contribution in [3.63, 3.8) is 0 Å². The molecular formula is C15H21Cl2NO. The van der Waals surface area contributed by atoms with Crippen LogP contribution in [0.3, 0.4) is 0 Å². The third-order valence-electron chi connectivity index (χ3n) is 4.02. The van der Waals surface area contributed by atoms with Gasteiger partial charge in [-0.1, -0.05) is 42.6 Å². The third-order valence-corrected chi connectivity index (χ3v) is 4.76. The maximum Gasteiger partial charge on any atom is 0.0805 e. The standard InChI is InChI=1S/C15H21Cl2NO/c1-2-10-5-6-18-12(7-10)9-15(19)11-3-4-13(16)14(17)8-11/h3-4,8,10,12,15,18-19H,2,5-7,9H2,1H3. The first-order valence-corrected chi connectivity index (χ1v) is 7.72. The van der Waals surface area contributed by atoms with Crippen molar-refractivity contribution in [1.29, 1.82) is 0 Å². The predicted octanol–water partition coefficient (Wildman–Crippen LogP) is 4.20. The summed E-state index contributed by atoms with van der Waals surface area (Å²) in [6.07, 6.45) is 3.86. The topological polar surface area (TPSA) is 32.3 Å². The Bertz CT molecular complexity index is 425. The van der Waals surface area contributed by atoms with Crippen LogP contribution in [0.5, 0.6) is 0 Å². The fourth-order valence-corrected chi connectivity index (χ4v) is 3.08. The van der Waals surface area contributed by atoms with Gasteiger partial charge in [0.1, 0.15) is 0 Å². The highest BCUT2D eigenvalue weighted by Crippen LogP contribution is 2.29. The van der Waals surface area contributed by atoms with Gasteiger partial charge in [-0.25, -0.2) is 0 Å². The van der Waals surface area contributed by atoms with Gasteiger partial charge in [0.05, 0.1) is 16.1 Å². The number of hydrogen-bond acceptors (Lipinski definition) is 2. The number of aliphatic hydroxyl groups excluding tert-OH is 1. The maximum atomic E-state index is 10.3. The van der Waals surface area contributed by atoms with Crippen molar-refractivity contribution in [3.8, 4) is 0 Å². The van der Waals surface area contributed by atoms with Crippen molar-refractivity contribution in [1.82, 2.24) is 5.32 Å². The summed E-state index contributed by atoms with van der Waals surface area (Å²) in [5, 5.41) is 14.8. The summed E-state index contributed by atoms with van der Waals surface area (Å²) in [6.45, 7) is 3.29. The average Bonchev–Trinajstić information content (AvgIpc) is 2.42. The lowest BCUT2D eigenvalue weighted by molar-refractivity contribution is 0.136. The van der Waals surface area contributed by atoms with Gasteiger partial charge in [0.25, 0.3) is 0 Å². The van der Waals surface area contributed by atoms with Crippen LogP contribution in [-0.4, -0.2) is 17.7 Å². The number of piperidine rings is 1. The first kappa shape index (κ1) is 15.1. The molecule has 106 valence electrons. The van der Waals surface area contributed by atoms with Gasteiger partial charge in [-0.2, -0.15) is 0 Å². The Morgan fingerprint density at radius 1 is 1.37 bits per heavy atom. The molecule has 1 fully saturated rings. The van der Waals surface area contributed by atoms with Gasteiger partial charge in [-0.15, -0.1) is 0 Å². The highest BCUT2D eigenvalue weighted by Gasteiger charge is 2.23. The Hall–Kier alpha value is -0.280. The summed E-state index contributed by atoms with van der Waals surface area (Å²) < 4.78 is 0. The molecule has 1 aliphatic rings. The summed E-state index contributed by atoms with van der Waals surface area (Å²) in [7, 11) is 0. The summed E-state index contributed by atoms with van der Waals surface area (Å²) in [6, 6.07) is 5.74.